The summed E-state index contributed by atoms with van der Waals surface area (Å²) in [5.74, 6) is 0.721. The summed E-state index contributed by atoms with van der Waals surface area (Å²) >= 11 is 1.30. The molecule has 2 N–H and O–H groups in total. The number of benzene rings is 1. The number of ether oxygens (including phenoxy) is 1. The molecule has 0 bridgehead atoms. The molecule has 1 fully saturated rings. The first-order valence-corrected chi connectivity index (χ1v) is 10.7. The second-order valence-corrected chi connectivity index (χ2v) is 8.16. The number of carbonyl (C=O) groups excluding carboxylic acids is 1. The fraction of sp³-hybridized carbons (Fsp3) is 0.400. The number of nitrogens with one attached hydrogen (secondary N) is 2. The lowest BCUT2D eigenvalue weighted by molar-refractivity contribution is -0.921. The minimum atomic E-state index is -0.0822. The van der Waals surface area contributed by atoms with Gasteiger partial charge in [0.25, 0.3) is 5.78 Å². The first-order valence-electron chi connectivity index (χ1n) is 9.71. The van der Waals surface area contributed by atoms with E-state index in [4.69, 9.17) is 4.74 Å². The number of thioether (sulfide) groups is 1. The van der Waals surface area contributed by atoms with E-state index in [1.54, 1.807) is 4.52 Å². The maximum absolute atomic E-state index is 12.3. The van der Waals surface area contributed by atoms with Crippen molar-refractivity contribution in [1.82, 2.24) is 19.6 Å². The first-order chi connectivity index (χ1) is 14.1. The second-order valence-electron chi connectivity index (χ2n) is 7.22. The third-order valence-corrected chi connectivity index (χ3v) is 5.66. The van der Waals surface area contributed by atoms with Crippen LogP contribution in [0, 0.1) is 13.8 Å². The summed E-state index contributed by atoms with van der Waals surface area (Å²) in [7, 11) is 0. The Labute approximate surface area is 173 Å². The number of aryl methyl sites for hydroxylation is 2. The molecule has 3 aromatic rings. The largest absolute Gasteiger partial charge is 0.370 e. The van der Waals surface area contributed by atoms with Crippen LogP contribution in [0.1, 0.15) is 17.0 Å². The molecule has 9 heteroatoms. The predicted molar refractivity (Wildman–Crippen MR) is 111 cm³/mol. The Bertz CT molecular complexity index is 998. The lowest BCUT2D eigenvalue weighted by Gasteiger charge is -2.23. The topological polar surface area (TPSA) is 85.9 Å². The number of nitrogens with zero attached hydrogens (tertiary/aromatic N) is 4. The smallest absolute Gasteiger partial charge is 0.253 e. The fourth-order valence-electron chi connectivity index (χ4n) is 3.37. The lowest BCUT2D eigenvalue weighted by atomic mass is 10.2. The summed E-state index contributed by atoms with van der Waals surface area (Å²) in [5.41, 5.74) is 3.93. The van der Waals surface area contributed by atoms with Crippen molar-refractivity contribution >= 4 is 29.1 Å². The lowest BCUT2D eigenvalue weighted by Crippen LogP contribution is -3.12. The molecule has 0 spiro atoms. The summed E-state index contributed by atoms with van der Waals surface area (Å²) in [6.07, 6.45) is 0. The van der Waals surface area contributed by atoms with Crippen LogP contribution < -0.4 is 10.2 Å². The molecule has 152 valence electrons. The number of hydrogen-bond donors (Lipinski definition) is 2. The van der Waals surface area contributed by atoms with E-state index in [1.165, 1.54) is 22.2 Å². The number of amides is 1. The molecule has 4 rings (SSSR count). The summed E-state index contributed by atoms with van der Waals surface area (Å²) in [6.45, 7) is 8.62. The predicted octanol–water partition coefficient (Wildman–Crippen LogP) is 0.887. The maximum atomic E-state index is 12.3. The van der Waals surface area contributed by atoms with Crippen molar-refractivity contribution in [3.8, 4) is 0 Å². The first kappa shape index (κ1) is 19.8. The number of aromatic nitrogens is 4. The Balaban J connectivity index is 1.30. The third kappa shape index (κ3) is 5.11. The van der Waals surface area contributed by atoms with Gasteiger partial charge >= 0.3 is 0 Å². The van der Waals surface area contributed by atoms with Crippen LogP contribution in [0.3, 0.4) is 0 Å². The van der Waals surface area contributed by atoms with E-state index in [1.807, 2.05) is 32.0 Å². The summed E-state index contributed by atoms with van der Waals surface area (Å²) in [5, 5.41) is 7.89. The number of anilines is 1. The van der Waals surface area contributed by atoms with E-state index in [9.17, 15) is 4.79 Å². The van der Waals surface area contributed by atoms with Crippen molar-refractivity contribution in [3.63, 3.8) is 0 Å². The van der Waals surface area contributed by atoms with E-state index in [2.05, 4.69) is 32.5 Å². The molecule has 29 heavy (non-hydrogen) atoms. The fourth-order valence-corrected chi connectivity index (χ4v) is 3.99. The van der Waals surface area contributed by atoms with Crippen molar-refractivity contribution in [3.05, 3.63) is 47.3 Å². The molecule has 0 unspecified atom stereocenters. The molecule has 1 aliphatic heterocycles. The zero-order chi connectivity index (χ0) is 20.2. The van der Waals surface area contributed by atoms with Crippen LogP contribution in [0.15, 0.2) is 35.5 Å². The Morgan fingerprint density at radius 1 is 1.21 bits per heavy atom. The normalized spacial score (nSPS) is 15.0. The highest BCUT2D eigenvalue weighted by Crippen LogP contribution is 2.16. The van der Waals surface area contributed by atoms with Gasteiger partial charge in [0.15, 0.2) is 0 Å². The molecule has 0 saturated carbocycles. The molecule has 1 aromatic carbocycles. The number of morpholine rings is 1. The van der Waals surface area contributed by atoms with Crippen molar-refractivity contribution < 1.29 is 14.4 Å². The zero-order valence-corrected chi connectivity index (χ0v) is 17.5. The SMILES string of the molecule is Cc1cc(C)n2nc(SCC(=O)Nc3ccc(C[NH+]4CCOCC4)cc3)nc2n1. The van der Waals surface area contributed by atoms with Gasteiger partial charge < -0.3 is 15.0 Å². The monoisotopic (exact) mass is 413 g/mol. The molecule has 2 aromatic heterocycles. The second kappa shape index (κ2) is 8.89. The molecule has 0 aliphatic carbocycles. The van der Waals surface area contributed by atoms with Gasteiger partial charge in [-0.15, -0.1) is 5.10 Å². The van der Waals surface area contributed by atoms with E-state index in [0.29, 0.717) is 10.9 Å². The quantitative estimate of drug-likeness (QED) is 0.584. The summed E-state index contributed by atoms with van der Waals surface area (Å²) < 4.78 is 7.10. The van der Waals surface area contributed by atoms with E-state index in [0.717, 1.165) is 49.9 Å². The number of quaternary nitrogens is 1. The van der Waals surface area contributed by atoms with Gasteiger partial charge in [-0.05, 0) is 32.0 Å². The minimum Gasteiger partial charge on any atom is -0.370 e. The standard InChI is InChI=1S/C20H24N6O2S/c1-14-11-15(2)26-19(21-14)23-20(24-26)29-13-18(27)22-17-5-3-16(4-6-17)12-25-7-9-28-10-8-25/h3-6,11H,7-10,12-13H2,1-2H3,(H,22,27)/p+1. The maximum Gasteiger partial charge on any atom is 0.253 e. The zero-order valence-electron chi connectivity index (χ0n) is 16.6. The van der Waals surface area contributed by atoms with Crippen LogP contribution in [-0.4, -0.2) is 57.5 Å². The van der Waals surface area contributed by atoms with Gasteiger partial charge in [-0.1, -0.05) is 23.9 Å². The van der Waals surface area contributed by atoms with Crippen LogP contribution >= 0.6 is 11.8 Å². The number of carbonyl (C=O) groups is 1. The Kier molecular flexibility index (Phi) is 6.08. The molecule has 1 amide bonds. The van der Waals surface area contributed by atoms with Crippen molar-refractivity contribution in [2.45, 2.75) is 25.5 Å². The third-order valence-electron chi connectivity index (χ3n) is 4.82. The van der Waals surface area contributed by atoms with E-state index < -0.39 is 0 Å². The van der Waals surface area contributed by atoms with Crippen LogP contribution in [0.4, 0.5) is 5.69 Å². The molecule has 0 atom stereocenters. The van der Waals surface area contributed by atoms with Gasteiger partial charge in [0, 0.05) is 22.6 Å². The van der Waals surface area contributed by atoms with Crippen molar-refractivity contribution in [2.24, 2.45) is 0 Å². The highest BCUT2D eigenvalue weighted by molar-refractivity contribution is 7.99. The Hall–Kier alpha value is -2.49. The van der Waals surface area contributed by atoms with Crippen molar-refractivity contribution in [1.29, 1.82) is 0 Å². The molecular weight excluding hydrogens is 388 g/mol. The van der Waals surface area contributed by atoms with Crippen LogP contribution in [0.25, 0.3) is 5.78 Å². The molecule has 8 nitrogen and oxygen atoms in total. The molecule has 3 heterocycles. The highest BCUT2D eigenvalue weighted by atomic mass is 32.2. The van der Waals surface area contributed by atoms with Gasteiger partial charge in [0.2, 0.25) is 11.1 Å². The molecular formula is C20H25N6O2S+. The highest BCUT2D eigenvalue weighted by Gasteiger charge is 2.14. The van der Waals surface area contributed by atoms with Gasteiger partial charge in [-0.3, -0.25) is 4.79 Å². The van der Waals surface area contributed by atoms with Gasteiger partial charge in [0.05, 0.1) is 19.0 Å². The van der Waals surface area contributed by atoms with Gasteiger partial charge in [-0.25, -0.2) is 9.50 Å². The molecule has 0 radical (unpaired) electrons. The molecule has 1 saturated heterocycles. The van der Waals surface area contributed by atoms with E-state index in [-0.39, 0.29) is 11.7 Å². The minimum absolute atomic E-state index is 0.0822. The summed E-state index contributed by atoms with van der Waals surface area (Å²) in [6, 6.07) is 10.0. The average molecular weight is 414 g/mol. The van der Waals surface area contributed by atoms with Crippen LogP contribution in [0.2, 0.25) is 0 Å². The van der Waals surface area contributed by atoms with Gasteiger partial charge in [0.1, 0.15) is 19.6 Å². The average Bonchev–Trinajstić information content (AvgIpc) is 3.12. The Morgan fingerprint density at radius 2 is 1.97 bits per heavy atom. The number of fused-ring (bicyclic) bond motifs is 1. The van der Waals surface area contributed by atoms with Crippen LogP contribution in [0.5, 0.6) is 0 Å². The van der Waals surface area contributed by atoms with Crippen LogP contribution in [-0.2, 0) is 16.1 Å². The Morgan fingerprint density at radius 3 is 2.72 bits per heavy atom. The number of hydrogen-bond acceptors (Lipinski definition) is 6. The number of rotatable bonds is 6. The van der Waals surface area contributed by atoms with Gasteiger partial charge in [-0.2, -0.15) is 4.98 Å². The summed E-state index contributed by atoms with van der Waals surface area (Å²) in [4.78, 5) is 22.6. The molecule has 1 aliphatic rings. The van der Waals surface area contributed by atoms with Crippen molar-refractivity contribution in [2.75, 3.05) is 37.4 Å². The van der Waals surface area contributed by atoms with E-state index >= 15 is 0 Å².